The normalized spacial score (nSPS) is 12.9. The van der Waals surface area contributed by atoms with Crippen LogP contribution in [0.15, 0.2) is 24.3 Å². The lowest BCUT2D eigenvalue weighted by Gasteiger charge is -2.21. The molecule has 0 fully saturated rings. The highest BCUT2D eigenvalue weighted by molar-refractivity contribution is 5.22. The molecular weight excluding hydrogens is 224 g/mol. The molecule has 0 spiro atoms. The van der Waals surface area contributed by atoms with Crippen LogP contribution < -0.4 is 5.32 Å². The fraction of sp³-hybridized carbons (Fsp3) is 0.600. The maximum absolute atomic E-state index is 8.84. The van der Waals surface area contributed by atoms with Crippen molar-refractivity contribution in [1.29, 1.82) is 0 Å². The summed E-state index contributed by atoms with van der Waals surface area (Å²) in [6.07, 6.45) is 1.07. The second-order valence-corrected chi connectivity index (χ2v) is 5.08. The molecule has 1 atom stereocenters. The number of benzene rings is 1. The van der Waals surface area contributed by atoms with Crippen LogP contribution in [0.1, 0.15) is 18.1 Å². The molecule has 0 saturated heterocycles. The predicted molar refractivity (Wildman–Crippen MR) is 76.9 cm³/mol. The number of hydrogen-bond donors (Lipinski definition) is 2. The first-order valence-electron chi connectivity index (χ1n) is 6.70. The molecule has 3 heteroatoms. The van der Waals surface area contributed by atoms with Gasteiger partial charge in [0.15, 0.2) is 0 Å². The minimum atomic E-state index is 0.229. The largest absolute Gasteiger partial charge is 0.395 e. The van der Waals surface area contributed by atoms with Crippen molar-refractivity contribution < 1.29 is 5.11 Å². The van der Waals surface area contributed by atoms with Crippen molar-refractivity contribution in [1.82, 2.24) is 10.2 Å². The lowest BCUT2D eigenvalue weighted by atomic mass is 10.1. The summed E-state index contributed by atoms with van der Waals surface area (Å²) in [4.78, 5) is 2.14. The van der Waals surface area contributed by atoms with E-state index in [2.05, 4.69) is 48.3 Å². The van der Waals surface area contributed by atoms with E-state index in [-0.39, 0.29) is 6.61 Å². The van der Waals surface area contributed by atoms with Crippen molar-refractivity contribution >= 4 is 0 Å². The van der Waals surface area contributed by atoms with E-state index in [9.17, 15) is 0 Å². The van der Waals surface area contributed by atoms with E-state index in [1.165, 1.54) is 11.1 Å². The van der Waals surface area contributed by atoms with Gasteiger partial charge in [-0.05, 0) is 39.4 Å². The Morgan fingerprint density at radius 1 is 1.39 bits per heavy atom. The third-order valence-corrected chi connectivity index (χ3v) is 3.06. The van der Waals surface area contributed by atoms with Gasteiger partial charge < -0.3 is 15.3 Å². The summed E-state index contributed by atoms with van der Waals surface area (Å²) >= 11 is 0. The Hall–Kier alpha value is -0.900. The smallest absolute Gasteiger partial charge is 0.0558 e. The van der Waals surface area contributed by atoms with Gasteiger partial charge in [0.2, 0.25) is 0 Å². The number of rotatable bonds is 8. The molecule has 0 aliphatic rings. The molecule has 0 bridgehead atoms. The molecule has 0 aliphatic carbocycles. The summed E-state index contributed by atoms with van der Waals surface area (Å²) in [6, 6.07) is 9.11. The number of aryl methyl sites for hydroxylation is 1. The first-order valence-corrected chi connectivity index (χ1v) is 6.70. The van der Waals surface area contributed by atoms with Gasteiger partial charge in [-0.2, -0.15) is 0 Å². The van der Waals surface area contributed by atoms with E-state index < -0.39 is 0 Å². The monoisotopic (exact) mass is 250 g/mol. The molecule has 102 valence electrons. The highest BCUT2D eigenvalue weighted by atomic mass is 16.3. The van der Waals surface area contributed by atoms with E-state index in [4.69, 9.17) is 5.11 Å². The molecule has 0 aromatic heterocycles. The zero-order valence-corrected chi connectivity index (χ0v) is 11.8. The number of hydrogen-bond acceptors (Lipinski definition) is 3. The molecule has 2 N–H and O–H groups in total. The van der Waals surface area contributed by atoms with Crippen LogP contribution >= 0.6 is 0 Å². The summed E-state index contributed by atoms with van der Waals surface area (Å²) in [5.74, 6) is 0. The van der Waals surface area contributed by atoms with Crippen LogP contribution in [0, 0.1) is 6.92 Å². The summed E-state index contributed by atoms with van der Waals surface area (Å²) in [5.41, 5.74) is 2.71. The summed E-state index contributed by atoms with van der Waals surface area (Å²) in [7, 11) is 2.04. The van der Waals surface area contributed by atoms with Crippen LogP contribution in [-0.4, -0.2) is 49.3 Å². The summed E-state index contributed by atoms with van der Waals surface area (Å²) < 4.78 is 0. The second kappa shape index (κ2) is 8.25. The maximum atomic E-state index is 8.84. The average molecular weight is 250 g/mol. The standard InChI is InChI=1S/C15H26N2O/c1-13-5-4-6-15(11-13)7-8-16-14(2)12-17(3)9-10-18/h4-6,11,14,16,18H,7-10,12H2,1-3H3. The molecule has 0 aliphatic heterocycles. The van der Waals surface area contributed by atoms with Crippen LogP contribution in [0.2, 0.25) is 0 Å². The van der Waals surface area contributed by atoms with E-state index in [1.807, 2.05) is 7.05 Å². The summed E-state index contributed by atoms with van der Waals surface area (Å²) in [6.45, 7) is 7.25. The first-order chi connectivity index (χ1) is 8.61. The lowest BCUT2D eigenvalue weighted by Crippen LogP contribution is -2.39. The van der Waals surface area contributed by atoms with Crippen molar-refractivity contribution in [3.8, 4) is 0 Å². The Kier molecular flexibility index (Phi) is 6.94. The maximum Gasteiger partial charge on any atom is 0.0558 e. The van der Waals surface area contributed by atoms with Crippen LogP contribution in [0.5, 0.6) is 0 Å². The van der Waals surface area contributed by atoms with Crippen LogP contribution in [0.3, 0.4) is 0 Å². The highest BCUT2D eigenvalue weighted by Crippen LogP contribution is 2.04. The van der Waals surface area contributed by atoms with Crippen molar-refractivity contribution in [2.75, 3.05) is 33.3 Å². The van der Waals surface area contributed by atoms with E-state index >= 15 is 0 Å². The van der Waals surface area contributed by atoms with Gasteiger partial charge in [-0.3, -0.25) is 0 Å². The quantitative estimate of drug-likeness (QED) is 0.733. The number of nitrogens with zero attached hydrogens (tertiary/aromatic N) is 1. The Morgan fingerprint density at radius 2 is 2.17 bits per heavy atom. The molecule has 1 aromatic carbocycles. The molecule has 1 unspecified atom stereocenters. The zero-order valence-electron chi connectivity index (χ0n) is 11.8. The first kappa shape index (κ1) is 15.2. The Balaban J connectivity index is 2.21. The molecule has 1 aromatic rings. The Bertz CT molecular complexity index is 341. The van der Waals surface area contributed by atoms with E-state index in [0.29, 0.717) is 6.04 Å². The third-order valence-electron chi connectivity index (χ3n) is 3.06. The van der Waals surface area contributed by atoms with Crippen molar-refractivity contribution in [3.05, 3.63) is 35.4 Å². The second-order valence-electron chi connectivity index (χ2n) is 5.08. The molecule has 0 saturated carbocycles. The molecule has 3 nitrogen and oxygen atoms in total. The summed E-state index contributed by atoms with van der Waals surface area (Å²) in [5, 5.41) is 12.4. The Labute approximate surface area is 111 Å². The predicted octanol–water partition coefficient (Wildman–Crippen LogP) is 1.44. The average Bonchev–Trinajstić information content (AvgIpc) is 2.29. The highest BCUT2D eigenvalue weighted by Gasteiger charge is 2.04. The van der Waals surface area contributed by atoms with Gasteiger partial charge in [0, 0.05) is 19.1 Å². The topological polar surface area (TPSA) is 35.5 Å². The van der Waals surface area contributed by atoms with Crippen LogP contribution in [0.4, 0.5) is 0 Å². The minimum Gasteiger partial charge on any atom is -0.395 e. The van der Waals surface area contributed by atoms with Crippen molar-refractivity contribution in [2.45, 2.75) is 26.3 Å². The van der Waals surface area contributed by atoms with Gasteiger partial charge in [-0.15, -0.1) is 0 Å². The van der Waals surface area contributed by atoms with E-state index in [0.717, 1.165) is 26.1 Å². The van der Waals surface area contributed by atoms with Crippen molar-refractivity contribution in [2.24, 2.45) is 0 Å². The molecule has 18 heavy (non-hydrogen) atoms. The van der Waals surface area contributed by atoms with Gasteiger partial charge >= 0.3 is 0 Å². The molecule has 0 amide bonds. The number of aliphatic hydroxyl groups is 1. The van der Waals surface area contributed by atoms with E-state index in [1.54, 1.807) is 0 Å². The number of aliphatic hydroxyl groups excluding tert-OH is 1. The van der Waals surface area contributed by atoms with Gasteiger partial charge in [0.05, 0.1) is 6.61 Å². The lowest BCUT2D eigenvalue weighted by molar-refractivity contribution is 0.211. The van der Waals surface area contributed by atoms with Gasteiger partial charge in [-0.25, -0.2) is 0 Å². The fourth-order valence-electron chi connectivity index (χ4n) is 2.12. The number of nitrogens with one attached hydrogen (secondary N) is 1. The zero-order chi connectivity index (χ0) is 13.4. The van der Waals surface area contributed by atoms with Gasteiger partial charge in [-0.1, -0.05) is 29.8 Å². The Morgan fingerprint density at radius 3 is 2.83 bits per heavy atom. The number of likely N-dealkylation sites (N-methyl/N-ethyl adjacent to an activating group) is 1. The van der Waals surface area contributed by atoms with Gasteiger partial charge in [0.1, 0.15) is 0 Å². The fourth-order valence-corrected chi connectivity index (χ4v) is 2.12. The third kappa shape index (κ3) is 6.15. The molecule has 1 rings (SSSR count). The van der Waals surface area contributed by atoms with Crippen molar-refractivity contribution in [3.63, 3.8) is 0 Å². The van der Waals surface area contributed by atoms with Crippen LogP contribution in [0.25, 0.3) is 0 Å². The van der Waals surface area contributed by atoms with Gasteiger partial charge in [0.25, 0.3) is 0 Å². The SMILES string of the molecule is Cc1cccc(CCNC(C)CN(C)CCO)c1. The molecular formula is C15H26N2O. The van der Waals surface area contributed by atoms with Crippen LogP contribution in [-0.2, 0) is 6.42 Å². The molecule has 0 radical (unpaired) electrons. The molecule has 0 heterocycles. The minimum absolute atomic E-state index is 0.229.